The molecule has 1 amide bonds. The van der Waals surface area contributed by atoms with Crippen molar-refractivity contribution in [3.8, 4) is 0 Å². The lowest BCUT2D eigenvalue weighted by atomic mass is 10.2. The average molecular weight is 277 g/mol. The van der Waals surface area contributed by atoms with Crippen molar-refractivity contribution in [2.75, 3.05) is 18.5 Å². The second-order valence-electron chi connectivity index (χ2n) is 4.98. The van der Waals surface area contributed by atoms with Crippen molar-refractivity contribution >= 4 is 17.6 Å². The fourth-order valence-electron chi connectivity index (χ4n) is 2.31. The summed E-state index contributed by atoms with van der Waals surface area (Å²) in [5.74, 6) is -2.12. The van der Waals surface area contributed by atoms with Gasteiger partial charge in [-0.05, 0) is 18.6 Å². The molecule has 2 atom stereocenters. The lowest BCUT2D eigenvalue weighted by Gasteiger charge is -2.11. The molecule has 1 saturated carbocycles. The van der Waals surface area contributed by atoms with Crippen molar-refractivity contribution in [1.82, 2.24) is 0 Å². The third-order valence-electron chi connectivity index (χ3n) is 3.49. The number of ether oxygens (including phenoxy) is 2. The van der Waals surface area contributed by atoms with E-state index < -0.39 is 17.8 Å². The van der Waals surface area contributed by atoms with E-state index in [1.54, 1.807) is 18.2 Å². The van der Waals surface area contributed by atoms with Crippen LogP contribution in [0.4, 0.5) is 5.69 Å². The molecule has 0 spiro atoms. The summed E-state index contributed by atoms with van der Waals surface area (Å²) in [7, 11) is 0. The smallest absolute Gasteiger partial charge is 0.307 e. The molecule has 1 aliphatic carbocycles. The van der Waals surface area contributed by atoms with Crippen molar-refractivity contribution in [2.24, 2.45) is 11.8 Å². The molecular weight excluding hydrogens is 262 g/mol. The molecular formula is C14H15NO5. The number of carbonyl (C=O) groups excluding carboxylic acids is 1. The fourth-order valence-corrected chi connectivity index (χ4v) is 2.31. The van der Waals surface area contributed by atoms with Crippen LogP contribution in [0.5, 0.6) is 0 Å². The van der Waals surface area contributed by atoms with Crippen molar-refractivity contribution in [3.63, 3.8) is 0 Å². The van der Waals surface area contributed by atoms with Gasteiger partial charge in [-0.3, -0.25) is 9.59 Å². The highest BCUT2D eigenvalue weighted by atomic mass is 16.7. The maximum atomic E-state index is 11.9. The number of aliphatic carboxylic acids is 1. The van der Waals surface area contributed by atoms with Gasteiger partial charge in [-0.1, -0.05) is 12.1 Å². The van der Waals surface area contributed by atoms with Crippen LogP contribution < -0.4 is 5.32 Å². The predicted octanol–water partition coefficient (Wildman–Crippen LogP) is 1.39. The molecule has 106 valence electrons. The summed E-state index contributed by atoms with van der Waals surface area (Å²) < 4.78 is 10.8. The molecule has 2 aliphatic rings. The van der Waals surface area contributed by atoms with Crippen LogP contribution in [0.15, 0.2) is 24.3 Å². The first-order valence-corrected chi connectivity index (χ1v) is 6.52. The Morgan fingerprint density at radius 3 is 2.60 bits per heavy atom. The zero-order valence-electron chi connectivity index (χ0n) is 10.7. The second kappa shape index (κ2) is 5.22. The maximum absolute atomic E-state index is 11.9. The summed E-state index contributed by atoms with van der Waals surface area (Å²) in [5.41, 5.74) is 1.47. The van der Waals surface area contributed by atoms with E-state index in [9.17, 15) is 9.59 Å². The summed E-state index contributed by atoms with van der Waals surface area (Å²) in [6, 6.07) is 7.21. The molecule has 1 heterocycles. The van der Waals surface area contributed by atoms with Gasteiger partial charge in [-0.2, -0.15) is 0 Å². The van der Waals surface area contributed by atoms with E-state index in [1.807, 2.05) is 6.07 Å². The Labute approximate surface area is 115 Å². The molecule has 1 aliphatic heterocycles. The molecule has 1 aromatic carbocycles. The van der Waals surface area contributed by atoms with E-state index in [0.29, 0.717) is 25.3 Å². The van der Waals surface area contributed by atoms with Gasteiger partial charge in [0, 0.05) is 11.3 Å². The van der Waals surface area contributed by atoms with Gasteiger partial charge >= 0.3 is 5.97 Å². The monoisotopic (exact) mass is 277 g/mol. The lowest BCUT2D eigenvalue weighted by molar-refractivity contribution is -0.139. The van der Waals surface area contributed by atoms with Crippen molar-refractivity contribution in [1.29, 1.82) is 0 Å². The summed E-state index contributed by atoms with van der Waals surface area (Å²) in [6.07, 6.45) is 0.0231. The number of carbonyl (C=O) groups is 2. The normalized spacial score (nSPS) is 25.4. The summed E-state index contributed by atoms with van der Waals surface area (Å²) in [5, 5.41) is 11.6. The Kier molecular flexibility index (Phi) is 3.42. The Morgan fingerprint density at radius 2 is 1.95 bits per heavy atom. The average Bonchev–Trinajstić information content (AvgIpc) is 3.06. The highest BCUT2D eigenvalue weighted by molar-refractivity contribution is 5.98. The number of amides is 1. The summed E-state index contributed by atoms with van der Waals surface area (Å²) in [4.78, 5) is 22.6. The molecule has 2 N–H and O–H groups in total. The molecule has 1 aromatic rings. The molecule has 1 saturated heterocycles. The van der Waals surface area contributed by atoms with E-state index in [4.69, 9.17) is 14.6 Å². The molecule has 0 radical (unpaired) electrons. The zero-order valence-corrected chi connectivity index (χ0v) is 10.7. The SMILES string of the molecule is O=C(O)C1CC1C(=O)Nc1cccc(C2OCCO2)c1. The van der Waals surface area contributed by atoms with Gasteiger partial charge in [-0.25, -0.2) is 0 Å². The van der Waals surface area contributed by atoms with Crippen LogP contribution in [0.2, 0.25) is 0 Å². The number of nitrogens with one attached hydrogen (secondary N) is 1. The number of carboxylic acid groups (broad SMARTS) is 1. The van der Waals surface area contributed by atoms with Crippen LogP contribution in [0.3, 0.4) is 0 Å². The van der Waals surface area contributed by atoms with Crippen molar-refractivity contribution in [3.05, 3.63) is 29.8 Å². The number of hydrogen-bond acceptors (Lipinski definition) is 4. The minimum atomic E-state index is -0.911. The van der Waals surface area contributed by atoms with Gasteiger partial charge in [0.15, 0.2) is 6.29 Å². The van der Waals surface area contributed by atoms with Crippen molar-refractivity contribution in [2.45, 2.75) is 12.7 Å². The molecule has 20 heavy (non-hydrogen) atoms. The van der Waals surface area contributed by atoms with Gasteiger partial charge in [0.25, 0.3) is 0 Å². The third kappa shape index (κ3) is 2.66. The number of anilines is 1. The fraction of sp³-hybridized carbons (Fsp3) is 0.429. The molecule has 6 nitrogen and oxygen atoms in total. The number of benzene rings is 1. The van der Waals surface area contributed by atoms with Crippen LogP contribution in [-0.2, 0) is 19.1 Å². The van der Waals surface area contributed by atoms with E-state index >= 15 is 0 Å². The van der Waals surface area contributed by atoms with Gasteiger partial charge in [0.05, 0.1) is 25.0 Å². The minimum Gasteiger partial charge on any atom is -0.481 e. The minimum absolute atomic E-state index is 0.247. The molecule has 0 aromatic heterocycles. The summed E-state index contributed by atoms with van der Waals surface area (Å²) in [6.45, 7) is 1.12. The first-order valence-electron chi connectivity index (χ1n) is 6.52. The van der Waals surface area contributed by atoms with E-state index in [0.717, 1.165) is 5.56 Å². The standard InChI is InChI=1S/C14H15NO5/c16-12(10-7-11(10)13(17)18)15-9-3-1-2-8(6-9)14-19-4-5-20-14/h1-3,6,10-11,14H,4-5,7H2,(H,15,16)(H,17,18). The number of hydrogen-bond donors (Lipinski definition) is 2. The van der Waals surface area contributed by atoms with Crippen molar-refractivity contribution < 1.29 is 24.2 Å². The Balaban J connectivity index is 1.64. The molecule has 3 rings (SSSR count). The maximum Gasteiger partial charge on any atom is 0.307 e. The Hall–Kier alpha value is -1.92. The first kappa shape index (κ1) is 13.1. The van der Waals surface area contributed by atoms with Crippen LogP contribution in [-0.4, -0.2) is 30.2 Å². The van der Waals surface area contributed by atoms with Gasteiger partial charge in [0.1, 0.15) is 0 Å². The zero-order chi connectivity index (χ0) is 14.1. The number of carboxylic acids is 1. The van der Waals surface area contributed by atoms with Crippen LogP contribution in [0, 0.1) is 11.8 Å². The molecule has 2 unspecified atom stereocenters. The topological polar surface area (TPSA) is 84.9 Å². The molecule has 6 heteroatoms. The van der Waals surface area contributed by atoms with Gasteiger partial charge in [0.2, 0.25) is 5.91 Å². The van der Waals surface area contributed by atoms with Gasteiger partial charge in [-0.15, -0.1) is 0 Å². The van der Waals surface area contributed by atoms with E-state index in [1.165, 1.54) is 0 Å². The van der Waals surface area contributed by atoms with Crippen LogP contribution in [0.25, 0.3) is 0 Å². The predicted molar refractivity (Wildman–Crippen MR) is 68.9 cm³/mol. The summed E-state index contributed by atoms with van der Waals surface area (Å²) >= 11 is 0. The van der Waals surface area contributed by atoms with E-state index in [-0.39, 0.29) is 12.2 Å². The van der Waals surface area contributed by atoms with Crippen LogP contribution >= 0.6 is 0 Å². The lowest BCUT2D eigenvalue weighted by Crippen LogP contribution is -2.17. The Bertz CT molecular complexity index is 538. The molecule has 0 bridgehead atoms. The third-order valence-corrected chi connectivity index (χ3v) is 3.49. The quantitative estimate of drug-likeness (QED) is 0.868. The number of rotatable bonds is 4. The highest BCUT2D eigenvalue weighted by Gasteiger charge is 2.48. The molecule has 2 fully saturated rings. The Morgan fingerprint density at radius 1 is 1.20 bits per heavy atom. The largest absolute Gasteiger partial charge is 0.481 e. The van der Waals surface area contributed by atoms with Crippen LogP contribution in [0.1, 0.15) is 18.3 Å². The first-order chi connectivity index (χ1) is 9.65. The second-order valence-corrected chi connectivity index (χ2v) is 4.98. The van der Waals surface area contributed by atoms with Gasteiger partial charge < -0.3 is 19.9 Å². The highest BCUT2D eigenvalue weighted by Crippen LogP contribution is 2.39. The van der Waals surface area contributed by atoms with E-state index in [2.05, 4.69) is 5.32 Å².